The third kappa shape index (κ3) is 2.26. The number of thiocarbonyl (C=S) groups is 1. The number of imide groups is 1. The van der Waals surface area contributed by atoms with Gasteiger partial charge >= 0.3 is 0 Å². The largest absolute Gasteiger partial charge is 0.393 e. The Hall–Kier alpha value is -1.75. The van der Waals surface area contributed by atoms with Gasteiger partial charge in [0.25, 0.3) is 11.8 Å². The topological polar surface area (TPSA) is 63.4 Å². The number of carbonyl (C=O) groups excluding carboxylic acids is 2. The van der Waals surface area contributed by atoms with Crippen LogP contribution in [0.4, 0.5) is 0 Å². The monoisotopic (exact) mass is 276 g/mol. The van der Waals surface area contributed by atoms with Crippen molar-refractivity contribution in [3.8, 4) is 0 Å². The zero-order chi connectivity index (χ0) is 14.4. The Morgan fingerprint density at radius 1 is 1.26 bits per heavy atom. The molecular formula is C14H16N2O2S. The van der Waals surface area contributed by atoms with Gasteiger partial charge in [-0.05, 0) is 19.1 Å². The molecular weight excluding hydrogens is 260 g/mol. The third-order valence-electron chi connectivity index (χ3n) is 3.35. The van der Waals surface area contributed by atoms with Gasteiger partial charge in [-0.15, -0.1) is 0 Å². The molecule has 2 N–H and O–H groups in total. The molecule has 0 unspecified atom stereocenters. The van der Waals surface area contributed by atoms with Crippen molar-refractivity contribution in [2.75, 3.05) is 6.54 Å². The molecule has 0 saturated heterocycles. The van der Waals surface area contributed by atoms with Crippen molar-refractivity contribution >= 4 is 29.0 Å². The number of carbonyl (C=O) groups is 2. The van der Waals surface area contributed by atoms with Crippen LogP contribution in [-0.2, 0) is 0 Å². The lowest BCUT2D eigenvalue weighted by Gasteiger charge is -2.27. The summed E-state index contributed by atoms with van der Waals surface area (Å²) < 4.78 is 0. The molecule has 1 aliphatic rings. The lowest BCUT2D eigenvalue weighted by molar-refractivity contribution is 0.0621. The van der Waals surface area contributed by atoms with E-state index in [1.54, 1.807) is 12.1 Å². The normalized spacial score (nSPS) is 14.8. The first-order valence-corrected chi connectivity index (χ1v) is 6.41. The smallest absolute Gasteiger partial charge is 0.261 e. The van der Waals surface area contributed by atoms with Gasteiger partial charge in [-0.25, -0.2) is 0 Å². The Morgan fingerprint density at radius 2 is 1.84 bits per heavy atom. The molecule has 0 radical (unpaired) electrons. The van der Waals surface area contributed by atoms with Crippen LogP contribution in [0.25, 0.3) is 0 Å². The highest BCUT2D eigenvalue weighted by molar-refractivity contribution is 7.80. The Labute approximate surface area is 117 Å². The first kappa shape index (κ1) is 13.7. The zero-order valence-corrected chi connectivity index (χ0v) is 12.0. The number of nitrogens with two attached hydrogens (primary N) is 1. The van der Waals surface area contributed by atoms with Crippen molar-refractivity contribution in [2.45, 2.75) is 20.8 Å². The molecule has 1 aromatic carbocycles. The molecule has 100 valence electrons. The van der Waals surface area contributed by atoms with Crippen LogP contribution in [0.2, 0.25) is 0 Å². The van der Waals surface area contributed by atoms with Crippen LogP contribution in [-0.4, -0.2) is 28.2 Å². The summed E-state index contributed by atoms with van der Waals surface area (Å²) in [5, 5.41) is 0. The van der Waals surface area contributed by atoms with Crippen molar-refractivity contribution in [3.05, 3.63) is 34.9 Å². The number of amides is 2. The van der Waals surface area contributed by atoms with Crippen molar-refractivity contribution < 1.29 is 9.59 Å². The highest BCUT2D eigenvalue weighted by Gasteiger charge is 2.39. The predicted molar refractivity (Wildman–Crippen MR) is 77.1 cm³/mol. The Balaban J connectivity index is 2.36. The quantitative estimate of drug-likeness (QED) is 0.676. The summed E-state index contributed by atoms with van der Waals surface area (Å²) in [5.41, 5.74) is 6.95. The maximum absolute atomic E-state index is 12.3. The fraction of sp³-hybridized carbons (Fsp3) is 0.357. The van der Waals surface area contributed by atoms with E-state index in [-0.39, 0.29) is 18.4 Å². The van der Waals surface area contributed by atoms with E-state index in [1.807, 2.05) is 26.8 Å². The minimum Gasteiger partial charge on any atom is -0.393 e. The molecule has 0 bridgehead atoms. The average Bonchev–Trinajstić information content (AvgIpc) is 2.54. The number of aryl methyl sites for hydroxylation is 1. The molecule has 19 heavy (non-hydrogen) atoms. The van der Waals surface area contributed by atoms with Gasteiger partial charge in [-0.1, -0.05) is 37.7 Å². The number of rotatable bonds is 3. The minimum atomic E-state index is -0.572. The molecule has 0 atom stereocenters. The van der Waals surface area contributed by atoms with E-state index in [9.17, 15) is 9.59 Å². The summed E-state index contributed by atoms with van der Waals surface area (Å²) in [6.45, 7) is 5.74. The summed E-state index contributed by atoms with van der Waals surface area (Å²) in [6.07, 6.45) is 0. The second-order valence-corrected chi connectivity index (χ2v) is 5.93. The number of benzene rings is 1. The van der Waals surface area contributed by atoms with Gasteiger partial charge in [0.05, 0.1) is 16.1 Å². The highest BCUT2D eigenvalue weighted by Crippen LogP contribution is 2.27. The zero-order valence-electron chi connectivity index (χ0n) is 11.2. The molecule has 0 aliphatic carbocycles. The summed E-state index contributed by atoms with van der Waals surface area (Å²) in [6, 6.07) is 5.26. The van der Waals surface area contributed by atoms with Crippen LogP contribution in [0.3, 0.4) is 0 Å². The van der Waals surface area contributed by atoms with E-state index in [4.69, 9.17) is 18.0 Å². The van der Waals surface area contributed by atoms with E-state index in [0.717, 1.165) is 5.56 Å². The van der Waals surface area contributed by atoms with Gasteiger partial charge in [-0.2, -0.15) is 0 Å². The Kier molecular flexibility index (Phi) is 3.18. The van der Waals surface area contributed by atoms with Gasteiger partial charge in [-0.3, -0.25) is 14.5 Å². The molecule has 2 amide bonds. The van der Waals surface area contributed by atoms with E-state index >= 15 is 0 Å². The van der Waals surface area contributed by atoms with E-state index < -0.39 is 5.41 Å². The minimum absolute atomic E-state index is 0.202. The number of fused-ring (bicyclic) bond motifs is 1. The van der Waals surface area contributed by atoms with Crippen LogP contribution in [0.15, 0.2) is 18.2 Å². The van der Waals surface area contributed by atoms with Crippen LogP contribution < -0.4 is 5.73 Å². The molecule has 0 saturated carbocycles. The summed E-state index contributed by atoms with van der Waals surface area (Å²) in [7, 11) is 0. The predicted octanol–water partition coefficient (Wildman–Crippen LogP) is 1.90. The van der Waals surface area contributed by atoms with Crippen molar-refractivity contribution in [3.63, 3.8) is 0 Å². The van der Waals surface area contributed by atoms with Crippen LogP contribution in [0.5, 0.6) is 0 Å². The van der Waals surface area contributed by atoms with Gasteiger partial charge in [0.1, 0.15) is 0 Å². The second kappa shape index (κ2) is 4.42. The van der Waals surface area contributed by atoms with Gasteiger partial charge in [0.15, 0.2) is 0 Å². The van der Waals surface area contributed by atoms with Crippen molar-refractivity contribution in [2.24, 2.45) is 11.1 Å². The standard InChI is InChI=1S/C14H16N2O2S/c1-8-4-5-9-10(6-8)12(18)16(11(9)17)7-14(2,3)13(15)19/h4-6H,7H2,1-3H3,(H2,15,19). The molecule has 2 rings (SSSR count). The molecule has 1 aliphatic heterocycles. The Morgan fingerprint density at radius 3 is 2.42 bits per heavy atom. The lowest BCUT2D eigenvalue weighted by atomic mass is 9.93. The highest BCUT2D eigenvalue weighted by atomic mass is 32.1. The summed E-state index contributed by atoms with van der Waals surface area (Å²) in [5.74, 6) is -0.544. The number of hydrogen-bond acceptors (Lipinski definition) is 3. The van der Waals surface area contributed by atoms with E-state index in [1.165, 1.54) is 4.90 Å². The summed E-state index contributed by atoms with van der Waals surface area (Å²) in [4.78, 5) is 26.0. The first-order valence-electron chi connectivity index (χ1n) is 6.01. The molecule has 0 aromatic heterocycles. The van der Waals surface area contributed by atoms with Crippen LogP contribution >= 0.6 is 12.2 Å². The van der Waals surface area contributed by atoms with Gasteiger partial charge in [0, 0.05) is 12.0 Å². The maximum Gasteiger partial charge on any atom is 0.261 e. The van der Waals surface area contributed by atoms with Crippen LogP contribution in [0.1, 0.15) is 40.1 Å². The second-order valence-electron chi connectivity index (χ2n) is 5.49. The number of hydrogen-bond donors (Lipinski definition) is 1. The fourth-order valence-corrected chi connectivity index (χ4v) is 2.09. The molecule has 0 fully saturated rings. The lowest BCUT2D eigenvalue weighted by Crippen LogP contribution is -2.44. The van der Waals surface area contributed by atoms with Crippen LogP contribution in [0, 0.1) is 12.3 Å². The van der Waals surface area contributed by atoms with E-state index in [2.05, 4.69) is 0 Å². The SMILES string of the molecule is Cc1ccc2c(c1)C(=O)N(CC(C)(C)C(N)=S)C2=O. The number of nitrogens with zero attached hydrogens (tertiary/aromatic N) is 1. The fourth-order valence-electron chi connectivity index (χ4n) is 2.02. The average molecular weight is 276 g/mol. The molecule has 4 nitrogen and oxygen atoms in total. The van der Waals surface area contributed by atoms with Crippen molar-refractivity contribution in [1.29, 1.82) is 0 Å². The van der Waals surface area contributed by atoms with Gasteiger partial charge in [0.2, 0.25) is 0 Å². The maximum atomic E-state index is 12.3. The van der Waals surface area contributed by atoms with Gasteiger partial charge < -0.3 is 5.73 Å². The Bertz CT molecular complexity index is 593. The summed E-state index contributed by atoms with van der Waals surface area (Å²) >= 11 is 4.98. The van der Waals surface area contributed by atoms with Crippen molar-refractivity contribution in [1.82, 2.24) is 4.90 Å². The third-order valence-corrected chi connectivity index (χ3v) is 3.90. The molecule has 1 heterocycles. The molecule has 5 heteroatoms. The first-order chi connectivity index (χ1) is 8.74. The van der Waals surface area contributed by atoms with E-state index in [0.29, 0.717) is 16.1 Å². The molecule has 1 aromatic rings. The molecule has 0 spiro atoms.